The van der Waals surface area contributed by atoms with E-state index in [4.69, 9.17) is 4.98 Å². The summed E-state index contributed by atoms with van der Waals surface area (Å²) in [6.07, 6.45) is 1.64. The standard InChI is InChI=1S/C41H30N4O4SSe/c1-26-37(47)32-17-9-10-18-33(32)38(48)39(26)50-25-35(46)45(29-20-22-31(23-21-29)51-30-15-6-3-7-16-30)36(41(49)43-28-13-4-2-5-14-28)40-42-24-27-12-8-11-19-34(27)44-40/h2-24,36H,25H2,1H3,(H,43,49). The molecule has 6 aromatic rings. The number of Topliss-reactive ketones (excluding diaryl/α,β-unsaturated/α-hetero) is 2. The SMILES string of the molecule is CC1=C(SCC(=O)N(c2ccc([Se]c3ccccc3)cc2)C(C(=O)Nc2ccccc2)c2ncc3ccccc3n2)C(=O)c2ccccc2C1=O. The number of anilines is 2. The number of amides is 2. The van der Waals surface area contributed by atoms with E-state index in [1.54, 1.807) is 61.7 Å². The number of fused-ring (bicyclic) bond motifs is 2. The van der Waals surface area contributed by atoms with Gasteiger partial charge in [0.05, 0.1) is 0 Å². The number of ketones is 2. The number of allylic oxidation sites excluding steroid dienone is 2. The number of aromatic nitrogens is 2. The Morgan fingerprint density at radius 3 is 2.08 bits per heavy atom. The Hall–Kier alpha value is -5.67. The molecule has 0 saturated heterocycles. The van der Waals surface area contributed by atoms with Crippen LogP contribution in [0.15, 0.2) is 150 Å². The summed E-state index contributed by atoms with van der Waals surface area (Å²) in [5, 5.41) is 3.73. The average molecular weight is 754 g/mol. The monoisotopic (exact) mass is 754 g/mol. The fourth-order valence-corrected chi connectivity index (χ4v) is 8.51. The van der Waals surface area contributed by atoms with E-state index in [0.717, 1.165) is 21.6 Å². The molecule has 250 valence electrons. The zero-order valence-electron chi connectivity index (χ0n) is 27.4. The molecule has 51 heavy (non-hydrogen) atoms. The molecule has 0 spiro atoms. The third-order valence-corrected chi connectivity index (χ3v) is 11.6. The van der Waals surface area contributed by atoms with E-state index < -0.39 is 17.9 Å². The van der Waals surface area contributed by atoms with Crippen molar-refractivity contribution in [3.05, 3.63) is 167 Å². The van der Waals surface area contributed by atoms with Gasteiger partial charge < -0.3 is 0 Å². The molecular formula is C41H30N4O4SSe. The minimum atomic E-state index is -1.28. The normalized spacial score (nSPS) is 13.1. The first-order valence-electron chi connectivity index (χ1n) is 16.1. The number of benzene rings is 5. The second kappa shape index (κ2) is 15.1. The summed E-state index contributed by atoms with van der Waals surface area (Å²) in [6, 6.07) is 39.5. The topological polar surface area (TPSA) is 109 Å². The Labute approximate surface area is 305 Å². The van der Waals surface area contributed by atoms with Gasteiger partial charge in [0.2, 0.25) is 0 Å². The molecule has 0 fully saturated rings. The van der Waals surface area contributed by atoms with Gasteiger partial charge in [0.25, 0.3) is 0 Å². The van der Waals surface area contributed by atoms with Crippen LogP contribution in [-0.2, 0) is 9.59 Å². The molecule has 5 aromatic carbocycles. The molecule has 10 heteroatoms. The van der Waals surface area contributed by atoms with Crippen LogP contribution in [0.3, 0.4) is 0 Å². The van der Waals surface area contributed by atoms with E-state index in [2.05, 4.69) is 22.4 Å². The Kier molecular flexibility index (Phi) is 9.99. The van der Waals surface area contributed by atoms with Crippen molar-refractivity contribution in [1.29, 1.82) is 0 Å². The van der Waals surface area contributed by atoms with Crippen LogP contribution in [0.5, 0.6) is 0 Å². The Morgan fingerprint density at radius 1 is 0.745 bits per heavy atom. The van der Waals surface area contributed by atoms with E-state index in [0.29, 0.717) is 28.0 Å². The molecule has 1 aliphatic carbocycles. The summed E-state index contributed by atoms with van der Waals surface area (Å²) < 4.78 is 2.28. The maximum atomic E-state index is 14.6. The van der Waals surface area contributed by atoms with Crippen LogP contribution in [0.4, 0.5) is 11.4 Å². The third-order valence-electron chi connectivity index (χ3n) is 8.31. The molecule has 1 unspecified atom stereocenters. The van der Waals surface area contributed by atoms with Crippen molar-refractivity contribution in [2.24, 2.45) is 0 Å². The number of carbonyl (C=O) groups excluding carboxylic acids is 4. The molecule has 1 atom stereocenters. The zero-order chi connectivity index (χ0) is 35.3. The number of hydrogen-bond acceptors (Lipinski definition) is 7. The molecule has 1 aromatic heterocycles. The van der Waals surface area contributed by atoms with Gasteiger partial charge in [-0.1, -0.05) is 18.2 Å². The summed E-state index contributed by atoms with van der Waals surface area (Å²) >= 11 is 1.01. The predicted octanol–water partition coefficient (Wildman–Crippen LogP) is 6.08. The van der Waals surface area contributed by atoms with Crippen molar-refractivity contribution < 1.29 is 19.2 Å². The molecule has 0 bridgehead atoms. The molecule has 1 N–H and O–H groups in total. The van der Waals surface area contributed by atoms with Crippen LogP contribution < -0.4 is 19.1 Å². The van der Waals surface area contributed by atoms with Crippen molar-refractivity contribution in [2.75, 3.05) is 16.0 Å². The number of carbonyl (C=O) groups is 4. The van der Waals surface area contributed by atoms with Crippen molar-refractivity contribution in [3.8, 4) is 0 Å². The van der Waals surface area contributed by atoms with Crippen LogP contribution >= 0.6 is 11.8 Å². The molecule has 1 aliphatic rings. The number of nitrogens with one attached hydrogen (secondary N) is 1. The van der Waals surface area contributed by atoms with Gasteiger partial charge in [0.1, 0.15) is 0 Å². The molecule has 0 aliphatic heterocycles. The Bertz CT molecular complexity index is 2310. The first-order valence-corrected chi connectivity index (χ1v) is 18.8. The first-order chi connectivity index (χ1) is 24.9. The van der Waals surface area contributed by atoms with Crippen molar-refractivity contribution >= 4 is 81.3 Å². The van der Waals surface area contributed by atoms with Gasteiger partial charge in [-0.15, -0.1) is 0 Å². The summed E-state index contributed by atoms with van der Waals surface area (Å²) in [6.45, 7) is 1.60. The van der Waals surface area contributed by atoms with E-state index in [9.17, 15) is 19.2 Å². The molecule has 1 heterocycles. The van der Waals surface area contributed by atoms with E-state index in [1.165, 1.54) is 9.36 Å². The number of para-hydroxylation sites is 2. The summed E-state index contributed by atoms with van der Waals surface area (Å²) in [5.74, 6) is -1.64. The van der Waals surface area contributed by atoms with Crippen molar-refractivity contribution in [1.82, 2.24) is 9.97 Å². The number of hydrogen-bond donors (Lipinski definition) is 1. The van der Waals surface area contributed by atoms with Crippen LogP contribution in [0.2, 0.25) is 0 Å². The minimum absolute atomic E-state index is 0.0181. The van der Waals surface area contributed by atoms with Crippen LogP contribution in [0.25, 0.3) is 10.9 Å². The van der Waals surface area contributed by atoms with Crippen molar-refractivity contribution in [3.63, 3.8) is 0 Å². The molecule has 8 nitrogen and oxygen atoms in total. The van der Waals surface area contributed by atoms with Crippen LogP contribution in [0.1, 0.15) is 39.5 Å². The maximum absolute atomic E-state index is 14.6. The van der Waals surface area contributed by atoms with Gasteiger partial charge in [-0.2, -0.15) is 0 Å². The molecule has 0 saturated carbocycles. The average Bonchev–Trinajstić information content (AvgIpc) is 3.17. The number of rotatable bonds is 10. The molecule has 7 rings (SSSR count). The molecular weight excluding hydrogens is 724 g/mol. The van der Waals surface area contributed by atoms with Gasteiger partial charge >= 0.3 is 288 Å². The van der Waals surface area contributed by atoms with Gasteiger partial charge in [0.15, 0.2) is 0 Å². The van der Waals surface area contributed by atoms with E-state index in [1.807, 2.05) is 72.8 Å². The fraction of sp³-hybridized carbons (Fsp3) is 0.0732. The van der Waals surface area contributed by atoms with E-state index >= 15 is 0 Å². The van der Waals surface area contributed by atoms with Gasteiger partial charge in [0, 0.05) is 0 Å². The number of thioether (sulfide) groups is 1. The van der Waals surface area contributed by atoms with Crippen molar-refractivity contribution in [2.45, 2.75) is 13.0 Å². The number of nitrogens with zero attached hydrogens (tertiary/aromatic N) is 3. The zero-order valence-corrected chi connectivity index (χ0v) is 29.9. The second-order valence-electron chi connectivity index (χ2n) is 11.7. The Balaban J connectivity index is 1.28. The molecule has 2 amide bonds. The Morgan fingerprint density at radius 2 is 1.35 bits per heavy atom. The molecule has 0 radical (unpaired) electrons. The second-order valence-corrected chi connectivity index (χ2v) is 15.1. The van der Waals surface area contributed by atoms with E-state index in [-0.39, 0.29) is 48.6 Å². The quantitative estimate of drug-likeness (QED) is 0.169. The predicted molar refractivity (Wildman–Crippen MR) is 203 cm³/mol. The first kappa shape index (κ1) is 33.8. The van der Waals surface area contributed by atoms with Crippen LogP contribution in [-0.4, -0.2) is 54.1 Å². The van der Waals surface area contributed by atoms with Gasteiger partial charge in [-0.05, 0) is 0 Å². The van der Waals surface area contributed by atoms with Gasteiger partial charge in [-0.3, -0.25) is 0 Å². The van der Waals surface area contributed by atoms with Gasteiger partial charge in [-0.25, -0.2) is 0 Å². The fourth-order valence-electron chi connectivity index (χ4n) is 5.79. The third kappa shape index (κ3) is 7.30. The van der Waals surface area contributed by atoms with Crippen LogP contribution in [0, 0.1) is 0 Å². The summed E-state index contributed by atoms with van der Waals surface area (Å²) in [4.78, 5) is 66.7. The summed E-state index contributed by atoms with van der Waals surface area (Å²) in [7, 11) is 0. The summed E-state index contributed by atoms with van der Waals surface area (Å²) in [5.41, 5.74) is 2.56.